The van der Waals surface area contributed by atoms with Gasteiger partial charge in [0.2, 0.25) is 0 Å². The third-order valence-corrected chi connectivity index (χ3v) is 5.14. The summed E-state index contributed by atoms with van der Waals surface area (Å²) in [5.74, 6) is -1.78. The van der Waals surface area contributed by atoms with Crippen molar-refractivity contribution in [3.05, 3.63) is 80.9 Å². The van der Waals surface area contributed by atoms with Crippen LogP contribution in [-0.4, -0.2) is 32.8 Å². The average molecular weight is 513 g/mol. The smallest absolute Gasteiger partial charge is 0.332 e. The average Bonchev–Trinajstić information content (AvgIpc) is 3.14. The molecule has 8 nitrogen and oxygen atoms in total. The number of nitrogens with one attached hydrogen (secondary N) is 1. The first-order valence-electron chi connectivity index (χ1n) is 9.87. The molecule has 0 aliphatic carbocycles. The number of pyridine rings is 1. The summed E-state index contributed by atoms with van der Waals surface area (Å²) in [6.07, 6.45) is 0. The van der Waals surface area contributed by atoms with Crippen molar-refractivity contribution < 1.29 is 23.4 Å². The number of imidazole rings is 1. The number of benzene rings is 2. The lowest BCUT2D eigenvalue weighted by Crippen LogP contribution is -2.16. The number of nitrogens with zero attached hydrogens (tertiary/aromatic N) is 2. The molecule has 0 saturated carbocycles. The number of hydrogen-bond acceptors (Lipinski definition) is 6. The molecule has 0 saturated heterocycles. The van der Waals surface area contributed by atoms with Crippen molar-refractivity contribution in [2.24, 2.45) is 5.73 Å². The van der Waals surface area contributed by atoms with Gasteiger partial charge in [-0.05, 0) is 36.4 Å². The van der Waals surface area contributed by atoms with Crippen LogP contribution in [0.4, 0.5) is 8.78 Å². The summed E-state index contributed by atoms with van der Waals surface area (Å²) in [6.45, 7) is -0.332. The Morgan fingerprint density at radius 3 is 2.68 bits per heavy atom. The van der Waals surface area contributed by atoms with Crippen LogP contribution in [0.3, 0.4) is 0 Å². The van der Waals surface area contributed by atoms with Gasteiger partial charge in [-0.3, -0.25) is 0 Å². The van der Waals surface area contributed by atoms with Crippen LogP contribution in [0.15, 0.2) is 47.3 Å². The van der Waals surface area contributed by atoms with Crippen LogP contribution in [-0.2, 0) is 13.2 Å². The van der Waals surface area contributed by atoms with Crippen molar-refractivity contribution in [2.75, 3.05) is 13.2 Å². The van der Waals surface area contributed by atoms with E-state index < -0.39 is 17.3 Å². The number of aliphatic hydroxyl groups is 1. The highest BCUT2D eigenvalue weighted by Gasteiger charge is 2.18. The first-order valence-corrected chi connectivity index (χ1v) is 10.2. The fraction of sp³-hybridized carbons (Fsp3) is 0.182. The molecule has 34 heavy (non-hydrogen) atoms. The van der Waals surface area contributed by atoms with E-state index in [2.05, 4.69) is 9.97 Å². The lowest BCUT2D eigenvalue weighted by Gasteiger charge is -2.14. The van der Waals surface area contributed by atoms with Gasteiger partial charge in [0.15, 0.2) is 17.3 Å². The molecule has 12 heteroatoms. The van der Waals surface area contributed by atoms with Crippen LogP contribution in [0, 0.1) is 11.6 Å². The van der Waals surface area contributed by atoms with E-state index in [0.29, 0.717) is 11.2 Å². The van der Waals surface area contributed by atoms with Crippen LogP contribution < -0.4 is 20.9 Å². The Hall–Kier alpha value is -3.18. The number of aromatic nitrogens is 3. The number of halogens is 4. The molecule has 2 aromatic carbocycles. The van der Waals surface area contributed by atoms with Crippen molar-refractivity contribution in [1.29, 1.82) is 0 Å². The van der Waals surface area contributed by atoms with Crippen LogP contribution in [0.5, 0.6) is 11.5 Å². The zero-order valence-corrected chi connectivity index (χ0v) is 19.1. The molecule has 2 heterocycles. The van der Waals surface area contributed by atoms with Crippen molar-refractivity contribution in [2.45, 2.75) is 13.2 Å². The summed E-state index contributed by atoms with van der Waals surface area (Å²) in [6, 6.07) is 9.97. The highest BCUT2D eigenvalue weighted by Crippen LogP contribution is 2.29. The molecule has 4 aromatic rings. The maximum Gasteiger partial charge on any atom is 0.332 e. The second kappa shape index (κ2) is 10.8. The summed E-state index contributed by atoms with van der Waals surface area (Å²) in [5.41, 5.74) is 6.14. The number of rotatable bonds is 8. The van der Waals surface area contributed by atoms with Crippen LogP contribution in [0.25, 0.3) is 16.9 Å². The molecule has 0 amide bonds. The van der Waals surface area contributed by atoms with Crippen molar-refractivity contribution >= 4 is 35.2 Å². The third kappa shape index (κ3) is 5.00. The fourth-order valence-electron chi connectivity index (χ4n) is 3.26. The molecule has 0 unspecified atom stereocenters. The van der Waals surface area contributed by atoms with Gasteiger partial charge in [-0.1, -0.05) is 11.6 Å². The van der Waals surface area contributed by atoms with Crippen molar-refractivity contribution in [1.82, 2.24) is 14.5 Å². The predicted molar refractivity (Wildman–Crippen MR) is 125 cm³/mol. The van der Waals surface area contributed by atoms with Gasteiger partial charge in [0.05, 0.1) is 34.1 Å². The Morgan fingerprint density at radius 1 is 1.15 bits per heavy atom. The van der Waals surface area contributed by atoms with Crippen LogP contribution in [0.2, 0.25) is 5.02 Å². The zero-order chi connectivity index (χ0) is 23.5. The Morgan fingerprint density at radius 2 is 1.94 bits per heavy atom. The first-order chi connectivity index (χ1) is 15.9. The molecule has 0 aliphatic heterocycles. The van der Waals surface area contributed by atoms with Gasteiger partial charge in [-0.15, -0.1) is 12.4 Å². The number of ether oxygens (including phenoxy) is 2. The lowest BCUT2D eigenvalue weighted by atomic mass is 10.2. The largest absolute Gasteiger partial charge is 0.492 e. The minimum Gasteiger partial charge on any atom is -0.492 e. The van der Waals surface area contributed by atoms with E-state index >= 15 is 0 Å². The molecule has 0 bridgehead atoms. The molecule has 0 atom stereocenters. The van der Waals surface area contributed by atoms with E-state index in [-0.39, 0.29) is 72.2 Å². The standard InChI is InChI=1S/C22H19ClF2N4O4.ClH/c23-15-3-2-13(33-11-14-19(32-8-7-26)6-4-16(24)20(14)25)9-18(15)29-21-17(28-22(29)31)5-1-12(10-30)27-21;/h1-6,9,30H,7-8,10-11,26H2,(H,28,31);1H. The second-order valence-corrected chi connectivity index (χ2v) is 7.38. The number of aromatic amines is 1. The van der Waals surface area contributed by atoms with Gasteiger partial charge in [0, 0.05) is 12.6 Å². The molecule has 0 aliphatic rings. The third-order valence-electron chi connectivity index (χ3n) is 4.82. The minimum atomic E-state index is -1.09. The SMILES string of the molecule is Cl.NCCOc1ccc(F)c(F)c1COc1ccc(Cl)c(-n2c(=O)[nH]c3ccc(CO)nc32)c1. The molecular weight excluding hydrogens is 493 g/mol. The first kappa shape index (κ1) is 25.4. The number of nitrogens with two attached hydrogens (primary N) is 1. The fourth-order valence-corrected chi connectivity index (χ4v) is 3.46. The van der Waals surface area contributed by atoms with Crippen LogP contribution in [0.1, 0.15) is 11.3 Å². The molecular formula is C22H20Cl2F2N4O4. The highest BCUT2D eigenvalue weighted by atomic mass is 35.5. The van der Waals surface area contributed by atoms with Gasteiger partial charge in [-0.25, -0.2) is 23.1 Å². The lowest BCUT2D eigenvalue weighted by molar-refractivity contribution is 0.273. The molecule has 0 radical (unpaired) electrons. The van der Waals surface area contributed by atoms with Crippen molar-refractivity contribution in [3.8, 4) is 17.2 Å². The predicted octanol–water partition coefficient (Wildman–Crippen LogP) is 3.48. The summed E-state index contributed by atoms with van der Waals surface area (Å²) in [7, 11) is 0. The number of aliphatic hydroxyl groups excluding tert-OH is 1. The topological polar surface area (TPSA) is 115 Å². The second-order valence-electron chi connectivity index (χ2n) is 6.97. The van der Waals surface area contributed by atoms with Gasteiger partial charge in [0.1, 0.15) is 24.7 Å². The molecule has 0 fully saturated rings. The summed E-state index contributed by atoms with van der Waals surface area (Å²) in [4.78, 5) is 19.5. The Labute approximate surface area is 203 Å². The van der Waals surface area contributed by atoms with E-state index in [1.807, 2.05) is 0 Å². The van der Waals surface area contributed by atoms with E-state index in [1.165, 1.54) is 28.8 Å². The molecule has 0 spiro atoms. The number of hydrogen-bond donors (Lipinski definition) is 3. The minimum absolute atomic E-state index is 0. The zero-order valence-electron chi connectivity index (χ0n) is 17.6. The quantitative estimate of drug-likeness (QED) is 0.333. The monoisotopic (exact) mass is 512 g/mol. The summed E-state index contributed by atoms with van der Waals surface area (Å²) in [5, 5.41) is 9.61. The van der Waals surface area contributed by atoms with E-state index in [9.17, 15) is 18.7 Å². The van der Waals surface area contributed by atoms with E-state index in [4.69, 9.17) is 26.8 Å². The maximum atomic E-state index is 14.4. The highest BCUT2D eigenvalue weighted by molar-refractivity contribution is 6.32. The number of fused-ring (bicyclic) bond motifs is 1. The van der Waals surface area contributed by atoms with E-state index in [1.54, 1.807) is 12.1 Å². The van der Waals surface area contributed by atoms with Crippen LogP contribution >= 0.6 is 24.0 Å². The van der Waals surface area contributed by atoms with Gasteiger partial charge in [-0.2, -0.15) is 0 Å². The Balaban J connectivity index is 0.00000324. The Kier molecular flexibility index (Phi) is 8.11. The molecule has 2 aromatic heterocycles. The molecule has 4 rings (SSSR count). The van der Waals surface area contributed by atoms with Gasteiger partial charge in [0.25, 0.3) is 0 Å². The summed E-state index contributed by atoms with van der Waals surface area (Å²) < 4.78 is 40.5. The number of H-pyrrole nitrogens is 1. The summed E-state index contributed by atoms with van der Waals surface area (Å²) >= 11 is 6.33. The Bertz CT molecular complexity index is 1380. The molecule has 180 valence electrons. The molecule has 4 N–H and O–H groups in total. The van der Waals surface area contributed by atoms with Gasteiger partial charge < -0.3 is 25.3 Å². The van der Waals surface area contributed by atoms with E-state index in [0.717, 1.165) is 6.07 Å². The maximum absolute atomic E-state index is 14.4. The van der Waals surface area contributed by atoms with Gasteiger partial charge >= 0.3 is 5.69 Å². The van der Waals surface area contributed by atoms with Crippen molar-refractivity contribution in [3.63, 3.8) is 0 Å². The normalized spacial score (nSPS) is 10.9.